The predicted octanol–water partition coefficient (Wildman–Crippen LogP) is 3.73. The summed E-state index contributed by atoms with van der Waals surface area (Å²) in [6.45, 7) is 0.694. The summed E-state index contributed by atoms with van der Waals surface area (Å²) >= 11 is 0. The molecule has 0 bridgehead atoms. The third-order valence-electron chi connectivity index (χ3n) is 3.92. The highest BCUT2D eigenvalue weighted by Crippen LogP contribution is 2.32. The summed E-state index contributed by atoms with van der Waals surface area (Å²) in [5, 5.41) is 5.08. The van der Waals surface area contributed by atoms with Gasteiger partial charge in [-0.25, -0.2) is 0 Å². The second kappa shape index (κ2) is 5.61. The van der Waals surface area contributed by atoms with Crippen molar-refractivity contribution >= 4 is 21.5 Å². The van der Waals surface area contributed by atoms with Crippen molar-refractivity contribution in [3.05, 3.63) is 60.2 Å². The molecular formula is C18H20N2. The molecule has 2 heteroatoms. The van der Waals surface area contributed by atoms with Gasteiger partial charge in [0, 0.05) is 6.04 Å². The molecule has 0 amide bonds. The van der Waals surface area contributed by atoms with Crippen LogP contribution in [0.3, 0.4) is 0 Å². The molecule has 0 saturated heterocycles. The van der Waals surface area contributed by atoms with E-state index < -0.39 is 0 Å². The highest BCUT2D eigenvalue weighted by Gasteiger charge is 2.12. The number of benzene rings is 3. The predicted molar refractivity (Wildman–Crippen MR) is 86.7 cm³/mol. The molecular weight excluding hydrogens is 244 g/mol. The van der Waals surface area contributed by atoms with Crippen molar-refractivity contribution in [3.8, 4) is 0 Å². The lowest BCUT2D eigenvalue weighted by Gasteiger charge is -2.16. The first-order valence-corrected chi connectivity index (χ1v) is 7.17. The Labute approximate surface area is 119 Å². The van der Waals surface area contributed by atoms with Crippen LogP contribution >= 0.6 is 0 Å². The zero-order valence-corrected chi connectivity index (χ0v) is 11.5. The van der Waals surface area contributed by atoms with Gasteiger partial charge in [0.05, 0.1) is 0 Å². The molecule has 0 saturated carbocycles. The summed E-state index contributed by atoms with van der Waals surface area (Å²) in [6.07, 6.45) is 1.89. The van der Waals surface area contributed by atoms with Crippen LogP contribution in [0.15, 0.2) is 54.6 Å². The molecule has 0 aliphatic heterocycles. The Morgan fingerprint density at radius 1 is 0.850 bits per heavy atom. The SMILES string of the molecule is NCCC[C@H](N)c1cc2ccccc2c2ccccc12. The number of rotatable bonds is 4. The number of nitrogens with two attached hydrogens (primary N) is 2. The Hall–Kier alpha value is -1.90. The minimum atomic E-state index is 0.0491. The van der Waals surface area contributed by atoms with Crippen molar-refractivity contribution in [2.75, 3.05) is 6.54 Å². The largest absolute Gasteiger partial charge is 0.330 e. The fourth-order valence-corrected chi connectivity index (χ4v) is 2.88. The standard InChI is InChI=1S/C18H20N2/c19-11-5-10-18(20)17-12-13-6-1-2-7-14(13)15-8-3-4-9-16(15)17/h1-4,6-9,12,18H,5,10-11,19-20H2/t18-/m0/s1. The monoisotopic (exact) mass is 264 g/mol. The fourth-order valence-electron chi connectivity index (χ4n) is 2.88. The molecule has 0 aliphatic carbocycles. The summed E-state index contributed by atoms with van der Waals surface area (Å²) in [5.74, 6) is 0. The Morgan fingerprint density at radius 3 is 2.25 bits per heavy atom. The summed E-state index contributed by atoms with van der Waals surface area (Å²) in [6, 6.07) is 19.3. The molecule has 0 fully saturated rings. The topological polar surface area (TPSA) is 52.0 Å². The summed E-state index contributed by atoms with van der Waals surface area (Å²) in [4.78, 5) is 0. The van der Waals surface area contributed by atoms with E-state index >= 15 is 0 Å². The lowest BCUT2D eigenvalue weighted by molar-refractivity contribution is 0.622. The average Bonchev–Trinajstić information content (AvgIpc) is 2.52. The Kier molecular flexibility index (Phi) is 3.68. The maximum Gasteiger partial charge on any atom is 0.0301 e. The van der Waals surface area contributed by atoms with E-state index in [2.05, 4.69) is 54.6 Å². The molecule has 0 unspecified atom stereocenters. The first-order valence-electron chi connectivity index (χ1n) is 7.17. The Bertz CT molecular complexity index is 734. The number of hydrogen-bond acceptors (Lipinski definition) is 2. The van der Waals surface area contributed by atoms with Crippen LogP contribution in [0.1, 0.15) is 24.4 Å². The van der Waals surface area contributed by atoms with E-state index in [-0.39, 0.29) is 6.04 Å². The van der Waals surface area contributed by atoms with Crippen molar-refractivity contribution < 1.29 is 0 Å². The van der Waals surface area contributed by atoms with E-state index in [1.54, 1.807) is 0 Å². The highest BCUT2D eigenvalue weighted by molar-refractivity contribution is 6.09. The van der Waals surface area contributed by atoms with Crippen LogP contribution in [0.4, 0.5) is 0 Å². The van der Waals surface area contributed by atoms with Crippen molar-refractivity contribution in [2.24, 2.45) is 11.5 Å². The van der Waals surface area contributed by atoms with Crippen molar-refractivity contribution in [3.63, 3.8) is 0 Å². The van der Waals surface area contributed by atoms with E-state index in [4.69, 9.17) is 11.5 Å². The van der Waals surface area contributed by atoms with Gasteiger partial charge < -0.3 is 11.5 Å². The van der Waals surface area contributed by atoms with E-state index in [0.717, 1.165) is 12.8 Å². The van der Waals surface area contributed by atoms with Gasteiger partial charge in [0.2, 0.25) is 0 Å². The van der Waals surface area contributed by atoms with Gasteiger partial charge in [0.15, 0.2) is 0 Å². The maximum absolute atomic E-state index is 6.38. The van der Waals surface area contributed by atoms with Crippen LogP contribution in [-0.4, -0.2) is 6.54 Å². The van der Waals surface area contributed by atoms with Gasteiger partial charge in [-0.15, -0.1) is 0 Å². The van der Waals surface area contributed by atoms with E-state index in [9.17, 15) is 0 Å². The Morgan fingerprint density at radius 2 is 1.50 bits per heavy atom. The normalized spacial score (nSPS) is 12.9. The van der Waals surface area contributed by atoms with Crippen LogP contribution < -0.4 is 11.5 Å². The van der Waals surface area contributed by atoms with Gasteiger partial charge in [-0.3, -0.25) is 0 Å². The second-order valence-corrected chi connectivity index (χ2v) is 5.27. The lowest BCUT2D eigenvalue weighted by atomic mass is 9.92. The van der Waals surface area contributed by atoms with Gasteiger partial charge in [-0.1, -0.05) is 48.5 Å². The van der Waals surface area contributed by atoms with E-state index in [1.807, 2.05) is 0 Å². The third-order valence-corrected chi connectivity index (χ3v) is 3.92. The van der Waals surface area contributed by atoms with Crippen molar-refractivity contribution in [1.82, 2.24) is 0 Å². The van der Waals surface area contributed by atoms with Gasteiger partial charge >= 0.3 is 0 Å². The molecule has 3 aromatic rings. The zero-order chi connectivity index (χ0) is 13.9. The van der Waals surface area contributed by atoms with Crippen molar-refractivity contribution in [2.45, 2.75) is 18.9 Å². The summed E-state index contributed by atoms with van der Waals surface area (Å²) in [5.41, 5.74) is 13.2. The van der Waals surface area contributed by atoms with Crippen LogP contribution in [0, 0.1) is 0 Å². The van der Waals surface area contributed by atoms with E-state index in [0.29, 0.717) is 6.54 Å². The molecule has 0 aliphatic rings. The molecule has 2 nitrogen and oxygen atoms in total. The number of hydrogen-bond donors (Lipinski definition) is 2. The molecule has 4 N–H and O–H groups in total. The lowest BCUT2D eigenvalue weighted by Crippen LogP contribution is -2.13. The molecule has 1 atom stereocenters. The molecule has 0 radical (unpaired) electrons. The van der Waals surface area contributed by atoms with Gasteiger partial charge in [0.25, 0.3) is 0 Å². The summed E-state index contributed by atoms with van der Waals surface area (Å²) < 4.78 is 0. The first kappa shape index (κ1) is 13.1. The molecule has 0 heterocycles. The van der Waals surface area contributed by atoms with Gasteiger partial charge in [-0.05, 0) is 52.6 Å². The maximum atomic E-state index is 6.38. The van der Waals surface area contributed by atoms with Crippen LogP contribution in [-0.2, 0) is 0 Å². The van der Waals surface area contributed by atoms with Crippen LogP contribution in [0.25, 0.3) is 21.5 Å². The number of fused-ring (bicyclic) bond motifs is 3. The minimum absolute atomic E-state index is 0.0491. The smallest absolute Gasteiger partial charge is 0.0301 e. The van der Waals surface area contributed by atoms with Crippen molar-refractivity contribution in [1.29, 1.82) is 0 Å². The van der Waals surface area contributed by atoms with Crippen LogP contribution in [0.5, 0.6) is 0 Å². The van der Waals surface area contributed by atoms with E-state index in [1.165, 1.54) is 27.1 Å². The zero-order valence-electron chi connectivity index (χ0n) is 11.5. The van der Waals surface area contributed by atoms with Crippen LogP contribution in [0.2, 0.25) is 0 Å². The molecule has 20 heavy (non-hydrogen) atoms. The average molecular weight is 264 g/mol. The molecule has 0 spiro atoms. The fraction of sp³-hybridized carbons (Fsp3) is 0.222. The molecule has 3 rings (SSSR count). The first-order chi connectivity index (χ1) is 9.81. The van der Waals surface area contributed by atoms with Gasteiger partial charge in [0.1, 0.15) is 0 Å². The highest BCUT2D eigenvalue weighted by atomic mass is 14.6. The summed E-state index contributed by atoms with van der Waals surface area (Å²) in [7, 11) is 0. The van der Waals surface area contributed by atoms with Gasteiger partial charge in [-0.2, -0.15) is 0 Å². The second-order valence-electron chi connectivity index (χ2n) is 5.27. The quantitative estimate of drug-likeness (QED) is 0.705. The minimum Gasteiger partial charge on any atom is -0.330 e. The molecule has 3 aromatic carbocycles. The molecule has 0 aromatic heterocycles. The molecule has 102 valence electrons. The Balaban J connectivity index is 2.23. The third kappa shape index (κ3) is 2.28.